The lowest BCUT2D eigenvalue weighted by Gasteiger charge is -1.97. The Hall–Kier alpha value is -1.19. The highest BCUT2D eigenvalue weighted by atomic mass is 16.2. The van der Waals surface area contributed by atoms with Gasteiger partial charge in [-0.3, -0.25) is 14.9 Å². The molecule has 0 aromatic heterocycles. The molecule has 0 rings (SSSR count). The first-order chi connectivity index (χ1) is 5.16. The Morgan fingerprint density at radius 3 is 2.55 bits per heavy atom. The van der Waals surface area contributed by atoms with E-state index in [-0.39, 0.29) is 18.2 Å². The molecule has 0 radical (unpaired) electrons. The number of rotatable bonds is 4. The second-order valence-electron chi connectivity index (χ2n) is 2.16. The van der Waals surface area contributed by atoms with Gasteiger partial charge in [0.05, 0.1) is 0 Å². The zero-order chi connectivity index (χ0) is 8.69. The van der Waals surface area contributed by atoms with Crippen LogP contribution in [0.3, 0.4) is 0 Å². The second-order valence-corrected chi connectivity index (χ2v) is 2.16. The molecule has 0 spiro atoms. The van der Waals surface area contributed by atoms with Gasteiger partial charge < -0.3 is 4.79 Å². The Bertz CT molecular complexity index is 165. The minimum absolute atomic E-state index is 0.234. The lowest BCUT2D eigenvalue weighted by atomic mass is 10.2. The van der Waals surface area contributed by atoms with Crippen molar-refractivity contribution in [2.45, 2.75) is 26.2 Å². The van der Waals surface area contributed by atoms with E-state index in [2.05, 4.69) is 5.32 Å². The number of unbranched alkanes of at least 4 members (excludes halogenated alkanes) is 1. The molecule has 0 fully saturated rings. The van der Waals surface area contributed by atoms with Crippen LogP contribution >= 0.6 is 0 Å². The molecule has 0 aromatic rings. The van der Waals surface area contributed by atoms with Gasteiger partial charge in [0.1, 0.15) is 6.29 Å². The zero-order valence-electron chi connectivity index (χ0n) is 6.42. The molecule has 0 aliphatic rings. The topological polar surface area (TPSA) is 63.2 Å². The van der Waals surface area contributed by atoms with Crippen LogP contribution in [0.25, 0.3) is 0 Å². The van der Waals surface area contributed by atoms with Gasteiger partial charge in [0.25, 0.3) is 0 Å². The Balaban J connectivity index is 3.37. The van der Waals surface area contributed by atoms with Crippen LogP contribution in [0, 0.1) is 0 Å². The Labute approximate surface area is 65.0 Å². The number of imide groups is 1. The van der Waals surface area contributed by atoms with E-state index in [1.807, 2.05) is 0 Å². The minimum atomic E-state index is -0.360. The van der Waals surface area contributed by atoms with E-state index >= 15 is 0 Å². The Morgan fingerprint density at radius 2 is 2.09 bits per heavy atom. The predicted octanol–water partition coefficient (Wildman–Crippen LogP) is 0.0183. The van der Waals surface area contributed by atoms with Gasteiger partial charge in [-0.2, -0.15) is 0 Å². The molecule has 0 atom stereocenters. The molecule has 11 heavy (non-hydrogen) atoms. The van der Waals surface area contributed by atoms with Crippen molar-refractivity contribution in [2.75, 3.05) is 0 Å². The maximum Gasteiger partial charge on any atom is 0.226 e. The van der Waals surface area contributed by atoms with Crippen LogP contribution in [-0.2, 0) is 14.4 Å². The van der Waals surface area contributed by atoms with Gasteiger partial charge in [-0.05, 0) is 6.42 Å². The van der Waals surface area contributed by atoms with E-state index in [9.17, 15) is 14.4 Å². The molecule has 0 aromatic carbocycles. The first-order valence-corrected chi connectivity index (χ1v) is 3.41. The van der Waals surface area contributed by atoms with Crippen molar-refractivity contribution in [3.05, 3.63) is 0 Å². The van der Waals surface area contributed by atoms with Crippen molar-refractivity contribution in [1.82, 2.24) is 5.32 Å². The van der Waals surface area contributed by atoms with Crippen molar-refractivity contribution in [3.63, 3.8) is 0 Å². The normalized spacial score (nSPS) is 8.82. The van der Waals surface area contributed by atoms with Crippen molar-refractivity contribution < 1.29 is 14.4 Å². The summed E-state index contributed by atoms with van der Waals surface area (Å²) in [4.78, 5) is 30.8. The smallest absolute Gasteiger partial charge is 0.226 e. The predicted molar refractivity (Wildman–Crippen MR) is 38.7 cm³/mol. The standard InChI is InChI=1S/C7H11NO3/c1-6(10)8-7(11)4-2-3-5-9/h5H,2-4H2,1H3,(H,8,10,11). The van der Waals surface area contributed by atoms with Gasteiger partial charge in [-0.15, -0.1) is 0 Å². The maximum absolute atomic E-state index is 10.7. The third-order valence-electron chi connectivity index (χ3n) is 1.04. The highest BCUT2D eigenvalue weighted by Gasteiger charge is 2.01. The molecular weight excluding hydrogens is 146 g/mol. The van der Waals surface area contributed by atoms with Gasteiger partial charge in [0.2, 0.25) is 11.8 Å². The van der Waals surface area contributed by atoms with Crippen molar-refractivity contribution in [2.24, 2.45) is 0 Å². The minimum Gasteiger partial charge on any atom is -0.303 e. The number of hydrogen-bond donors (Lipinski definition) is 1. The van der Waals surface area contributed by atoms with Crippen LogP contribution in [0.4, 0.5) is 0 Å². The van der Waals surface area contributed by atoms with Crippen LogP contribution in [0.15, 0.2) is 0 Å². The highest BCUT2D eigenvalue weighted by molar-refractivity contribution is 5.93. The van der Waals surface area contributed by atoms with Crippen LogP contribution in [0.2, 0.25) is 0 Å². The summed E-state index contributed by atoms with van der Waals surface area (Å²) in [5, 5.41) is 2.11. The number of aldehydes is 1. The van der Waals surface area contributed by atoms with Gasteiger partial charge in [-0.25, -0.2) is 0 Å². The summed E-state index contributed by atoms with van der Waals surface area (Å²) in [6, 6.07) is 0. The fraction of sp³-hybridized carbons (Fsp3) is 0.571. The average Bonchev–Trinajstić information content (AvgIpc) is 1.86. The maximum atomic E-state index is 10.7. The molecule has 0 aliphatic heterocycles. The molecule has 4 nitrogen and oxygen atoms in total. The van der Waals surface area contributed by atoms with E-state index in [1.165, 1.54) is 6.92 Å². The van der Waals surface area contributed by atoms with Crippen molar-refractivity contribution in [1.29, 1.82) is 0 Å². The number of amides is 2. The molecular formula is C7H11NO3. The lowest BCUT2D eigenvalue weighted by Crippen LogP contribution is -2.27. The zero-order valence-corrected chi connectivity index (χ0v) is 6.42. The molecule has 0 saturated carbocycles. The van der Waals surface area contributed by atoms with E-state index in [1.54, 1.807) is 0 Å². The molecule has 4 heteroatoms. The van der Waals surface area contributed by atoms with Crippen LogP contribution in [0.1, 0.15) is 26.2 Å². The second kappa shape index (κ2) is 5.58. The van der Waals surface area contributed by atoms with Gasteiger partial charge in [0, 0.05) is 19.8 Å². The fourth-order valence-corrected chi connectivity index (χ4v) is 0.605. The first-order valence-electron chi connectivity index (χ1n) is 3.41. The molecule has 1 N–H and O–H groups in total. The largest absolute Gasteiger partial charge is 0.303 e. The van der Waals surface area contributed by atoms with E-state index in [4.69, 9.17) is 0 Å². The van der Waals surface area contributed by atoms with E-state index < -0.39 is 0 Å². The summed E-state index contributed by atoms with van der Waals surface area (Å²) < 4.78 is 0. The van der Waals surface area contributed by atoms with Crippen LogP contribution < -0.4 is 5.32 Å². The summed E-state index contributed by atoms with van der Waals surface area (Å²) in [6.45, 7) is 1.28. The summed E-state index contributed by atoms with van der Waals surface area (Å²) >= 11 is 0. The van der Waals surface area contributed by atoms with E-state index in [0.717, 1.165) is 6.29 Å². The van der Waals surface area contributed by atoms with Crippen molar-refractivity contribution in [3.8, 4) is 0 Å². The van der Waals surface area contributed by atoms with Crippen molar-refractivity contribution >= 4 is 18.1 Å². The third-order valence-corrected chi connectivity index (χ3v) is 1.04. The molecule has 0 heterocycles. The third kappa shape index (κ3) is 6.70. The molecule has 0 aliphatic carbocycles. The number of hydrogen-bond acceptors (Lipinski definition) is 3. The molecule has 0 unspecified atom stereocenters. The first kappa shape index (κ1) is 9.81. The summed E-state index contributed by atoms with van der Waals surface area (Å²) in [5.41, 5.74) is 0. The summed E-state index contributed by atoms with van der Waals surface area (Å²) in [5.74, 6) is -0.680. The number of carbonyl (C=O) groups is 3. The average molecular weight is 157 g/mol. The molecule has 62 valence electrons. The molecule has 0 saturated heterocycles. The van der Waals surface area contributed by atoms with Crippen LogP contribution in [-0.4, -0.2) is 18.1 Å². The summed E-state index contributed by atoms with van der Waals surface area (Å²) in [7, 11) is 0. The number of carbonyl (C=O) groups excluding carboxylic acids is 3. The van der Waals surface area contributed by atoms with Crippen LogP contribution in [0.5, 0.6) is 0 Å². The van der Waals surface area contributed by atoms with Gasteiger partial charge in [0.15, 0.2) is 0 Å². The quantitative estimate of drug-likeness (QED) is 0.462. The highest BCUT2D eigenvalue weighted by Crippen LogP contribution is 1.91. The Morgan fingerprint density at radius 1 is 1.45 bits per heavy atom. The SMILES string of the molecule is CC(=O)NC(=O)CCCC=O. The lowest BCUT2D eigenvalue weighted by molar-refractivity contribution is -0.129. The molecule has 0 bridgehead atoms. The van der Waals surface area contributed by atoms with E-state index in [0.29, 0.717) is 12.8 Å². The van der Waals surface area contributed by atoms with Gasteiger partial charge >= 0.3 is 0 Å². The Kier molecular flexibility index (Phi) is 4.98. The molecule has 2 amide bonds. The summed E-state index contributed by atoms with van der Waals surface area (Å²) in [6.07, 6.45) is 1.85. The number of nitrogens with one attached hydrogen (secondary N) is 1. The van der Waals surface area contributed by atoms with Gasteiger partial charge in [-0.1, -0.05) is 0 Å². The monoisotopic (exact) mass is 157 g/mol. The fourth-order valence-electron chi connectivity index (χ4n) is 0.605.